The summed E-state index contributed by atoms with van der Waals surface area (Å²) in [6, 6.07) is 16.7. The Labute approximate surface area is 140 Å². The first-order chi connectivity index (χ1) is 11.5. The molecule has 24 heavy (non-hydrogen) atoms. The van der Waals surface area contributed by atoms with E-state index in [0.717, 1.165) is 0 Å². The molecule has 0 fully saturated rings. The molecule has 0 saturated heterocycles. The van der Waals surface area contributed by atoms with Crippen LogP contribution in [0, 0.1) is 5.92 Å². The fourth-order valence-electron chi connectivity index (χ4n) is 2.50. The van der Waals surface area contributed by atoms with Gasteiger partial charge in [0, 0.05) is 5.56 Å². The molecule has 0 aliphatic heterocycles. The van der Waals surface area contributed by atoms with E-state index in [-0.39, 0.29) is 11.7 Å². The summed E-state index contributed by atoms with van der Waals surface area (Å²) >= 11 is 0. The molecular formula is C19H19NO4. The molecule has 2 aromatic carbocycles. The summed E-state index contributed by atoms with van der Waals surface area (Å²) in [5.74, 6) is -2.52. The summed E-state index contributed by atoms with van der Waals surface area (Å²) in [7, 11) is 1.22. The van der Waals surface area contributed by atoms with Crippen molar-refractivity contribution in [2.24, 2.45) is 5.92 Å². The summed E-state index contributed by atoms with van der Waals surface area (Å²) in [6.45, 7) is 1.31. The van der Waals surface area contributed by atoms with Gasteiger partial charge >= 0.3 is 5.97 Å². The van der Waals surface area contributed by atoms with Crippen LogP contribution in [0.3, 0.4) is 0 Å². The fraction of sp³-hybridized carbons (Fsp3) is 0.211. The Bertz CT molecular complexity index is 713. The monoisotopic (exact) mass is 325 g/mol. The molecule has 0 bridgehead atoms. The summed E-state index contributed by atoms with van der Waals surface area (Å²) in [6.07, 6.45) is 0. The van der Waals surface area contributed by atoms with Crippen LogP contribution < -0.4 is 5.32 Å². The normalized spacial score (nSPS) is 12.8. The fourth-order valence-corrected chi connectivity index (χ4v) is 2.50. The number of hydrogen-bond donors (Lipinski definition) is 1. The molecule has 0 aromatic heterocycles. The van der Waals surface area contributed by atoms with Crippen molar-refractivity contribution in [2.75, 3.05) is 7.11 Å². The quantitative estimate of drug-likeness (QED) is 0.654. The predicted octanol–water partition coefficient (Wildman–Crippen LogP) is 2.54. The van der Waals surface area contributed by atoms with Crippen LogP contribution in [0.2, 0.25) is 0 Å². The largest absolute Gasteiger partial charge is 0.468 e. The zero-order valence-corrected chi connectivity index (χ0v) is 13.6. The Kier molecular flexibility index (Phi) is 5.84. The molecule has 0 radical (unpaired) electrons. The van der Waals surface area contributed by atoms with Gasteiger partial charge in [0.05, 0.1) is 13.2 Å². The van der Waals surface area contributed by atoms with Crippen molar-refractivity contribution in [3.63, 3.8) is 0 Å². The Balaban J connectivity index is 2.38. The van der Waals surface area contributed by atoms with Crippen molar-refractivity contribution >= 4 is 17.7 Å². The lowest BCUT2D eigenvalue weighted by Crippen LogP contribution is -2.40. The van der Waals surface area contributed by atoms with Crippen LogP contribution in [0.1, 0.15) is 28.9 Å². The Morgan fingerprint density at radius 2 is 1.46 bits per heavy atom. The number of carbonyl (C=O) groups is 3. The summed E-state index contributed by atoms with van der Waals surface area (Å²) in [5.41, 5.74) is 1.11. The second kappa shape index (κ2) is 8.06. The van der Waals surface area contributed by atoms with Crippen molar-refractivity contribution in [1.82, 2.24) is 5.32 Å². The minimum Gasteiger partial charge on any atom is -0.468 e. The molecule has 1 N–H and O–H groups in total. The minimum atomic E-state index is -1.11. The van der Waals surface area contributed by atoms with E-state index < -0.39 is 17.9 Å². The highest BCUT2D eigenvalue weighted by atomic mass is 16.5. The van der Waals surface area contributed by atoms with E-state index in [0.29, 0.717) is 11.1 Å². The maximum Gasteiger partial charge on any atom is 0.318 e. The number of benzene rings is 2. The van der Waals surface area contributed by atoms with Gasteiger partial charge in [-0.15, -0.1) is 0 Å². The Morgan fingerprint density at radius 1 is 0.917 bits per heavy atom. The minimum absolute atomic E-state index is 0.361. The third-order valence-corrected chi connectivity index (χ3v) is 3.71. The smallest absolute Gasteiger partial charge is 0.318 e. The SMILES string of the molecule is COC(=O)[C@H](C(C)=O)[C@H](NC(=O)c1ccccc1)c1ccccc1. The number of hydrogen-bond acceptors (Lipinski definition) is 4. The van der Waals surface area contributed by atoms with Gasteiger partial charge < -0.3 is 10.1 Å². The number of ketones is 1. The molecule has 2 aromatic rings. The van der Waals surface area contributed by atoms with E-state index in [4.69, 9.17) is 4.74 Å². The molecule has 0 saturated carbocycles. The highest BCUT2D eigenvalue weighted by Crippen LogP contribution is 2.25. The molecule has 5 nitrogen and oxygen atoms in total. The Hall–Kier alpha value is -2.95. The molecule has 2 atom stereocenters. The summed E-state index contributed by atoms with van der Waals surface area (Å²) in [5, 5.41) is 2.79. The van der Waals surface area contributed by atoms with Gasteiger partial charge in [0.2, 0.25) is 0 Å². The lowest BCUT2D eigenvalue weighted by molar-refractivity contribution is -0.150. The Morgan fingerprint density at radius 3 is 1.96 bits per heavy atom. The first-order valence-electron chi connectivity index (χ1n) is 7.53. The van der Waals surface area contributed by atoms with Crippen LogP contribution in [0.4, 0.5) is 0 Å². The second-order valence-electron chi connectivity index (χ2n) is 5.34. The highest BCUT2D eigenvalue weighted by molar-refractivity contribution is 6.00. The van der Waals surface area contributed by atoms with E-state index >= 15 is 0 Å². The van der Waals surface area contributed by atoms with Crippen LogP contribution >= 0.6 is 0 Å². The van der Waals surface area contributed by atoms with Crippen molar-refractivity contribution in [3.05, 3.63) is 71.8 Å². The number of carbonyl (C=O) groups excluding carboxylic acids is 3. The molecule has 124 valence electrons. The standard InChI is InChI=1S/C19H19NO4/c1-13(21)16(19(23)24-2)17(14-9-5-3-6-10-14)20-18(22)15-11-7-4-8-12-15/h3-12,16-17H,1-2H3,(H,20,22)/t16-,17-/m1/s1. The van der Waals surface area contributed by atoms with E-state index in [2.05, 4.69) is 5.32 Å². The first-order valence-corrected chi connectivity index (χ1v) is 7.53. The van der Waals surface area contributed by atoms with E-state index in [1.807, 2.05) is 6.07 Å². The van der Waals surface area contributed by atoms with Crippen LogP contribution in [-0.4, -0.2) is 24.8 Å². The van der Waals surface area contributed by atoms with E-state index in [1.165, 1.54) is 14.0 Å². The first kappa shape index (κ1) is 17.4. The van der Waals surface area contributed by atoms with Gasteiger partial charge in [0.1, 0.15) is 11.7 Å². The van der Waals surface area contributed by atoms with Gasteiger partial charge in [-0.3, -0.25) is 14.4 Å². The van der Waals surface area contributed by atoms with Gasteiger partial charge in [-0.25, -0.2) is 0 Å². The van der Waals surface area contributed by atoms with Crippen molar-refractivity contribution in [3.8, 4) is 0 Å². The number of rotatable bonds is 6. The third kappa shape index (κ3) is 4.07. The van der Waals surface area contributed by atoms with Crippen LogP contribution in [0.15, 0.2) is 60.7 Å². The van der Waals surface area contributed by atoms with Gasteiger partial charge in [-0.2, -0.15) is 0 Å². The zero-order valence-electron chi connectivity index (χ0n) is 13.6. The van der Waals surface area contributed by atoms with E-state index in [9.17, 15) is 14.4 Å². The molecule has 0 spiro atoms. The predicted molar refractivity (Wildman–Crippen MR) is 89.3 cm³/mol. The second-order valence-corrected chi connectivity index (χ2v) is 5.34. The summed E-state index contributed by atoms with van der Waals surface area (Å²) < 4.78 is 4.75. The van der Waals surface area contributed by atoms with Gasteiger partial charge in [0.15, 0.2) is 0 Å². The molecule has 2 rings (SSSR count). The molecule has 0 heterocycles. The number of ether oxygens (including phenoxy) is 1. The molecule has 1 amide bonds. The maximum absolute atomic E-state index is 12.5. The lowest BCUT2D eigenvalue weighted by atomic mass is 9.89. The molecule has 0 aliphatic carbocycles. The molecule has 0 unspecified atom stereocenters. The topological polar surface area (TPSA) is 72.5 Å². The van der Waals surface area contributed by atoms with Gasteiger partial charge in [-0.1, -0.05) is 48.5 Å². The number of nitrogens with one attached hydrogen (secondary N) is 1. The van der Waals surface area contributed by atoms with Gasteiger partial charge in [-0.05, 0) is 24.6 Å². The van der Waals surface area contributed by atoms with Crippen molar-refractivity contribution < 1.29 is 19.1 Å². The molecule has 5 heteroatoms. The number of amides is 1. The maximum atomic E-state index is 12.5. The van der Waals surface area contributed by atoms with Crippen LogP contribution in [0.25, 0.3) is 0 Å². The number of Topliss-reactive ketones (excluding diaryl/α,β-unsaturated/α-hetero) is 1. The molecular weight excluding hydrogens is 306 g/mol. The van der Waals surface area contributed by atoms with Crippen LogP contribution in [0.5, 0.6) is 0 Å². The highest BCUT2D eigenvalue weighted by Gasteiger charge is 2.35. The van der Waals surface area contributed by atoms with Crippen molar-refractivity contribution in [1.29, 1.82) is 0 Å². The summed E-state index contributed by atoms with van der Waals surface area (Å²) in [4.78, 5) is 36.6. The molecule has 0 aliphatic rings. The number of esters is 1. The third-order valence-electron chi connectivity index (χ3n) is 3.71. The average molecular weight is 325 g/mol. The van der Waals surface area contributed by atoms with Crippen LogP contribution in [-0.2, 0) is 14.3 Å². The zero-order chi connectivity index (χ0) is 17.5. The van der Waals surface area contributed by atoms with E-state index in [1.54, 1.807) is 54.6 Å². The van der Waals surface area contributed by atoms with Crippen molar-refractivity contribution in [2.45, 2.75) is 13.0 Å². The average Bonchev–Trinajstić information content (AvgIpc) is 2.62. The lowest BCUT2D eigenvalue weighted by Gasteiger charge is -2.25. The number of methoxy groups -OCH3 is 1. The van der Waals surface area contributed by atoms with Gasteiger partial charge in [0.25, 0.3) is 5.91 Å².